The van der Waals surface area contributed by atoms with Gasteiger partial charge in [0.05, 0.1) is 19.0 Å². The maximum Gasteiger partial charge on any atom is 0.151 e. The molecular formula is C19H13BrClN3OS. The number of aromatic nitrogens is 2. The van der Waals surface area contributed by atoms with Gasteiger partial charge >= 0.3 is 0 Å². The standard InChI is InChI=1S/C19H13BrClN3OS/c20-17-9-15-18(26-17)19(23-11-22-15)24-13-6-7-16(14(21)8-13)25-10-12-4-2-1-3-5-12/h1-9,11H,10H2,(H,22,23,24). The zero-order valence-corrected chi connectivity index (χ0v) is 16.6. The lowest BCUT2D eigenvalue weighted by Crippen LogP contribution is -1.97. The smallest absolute Gasteiger partial charge is 0.151 e. The number of hydrogen-bond acceptors (Lipinski definition) is 5. The van der Waals surface area contributed by atoms with Crippen LogP contribution in [0.4, 0.5) is 11.5 Å². The fraction of sp³-hybridized carbons (Fsp3) is 0.0526. The molecule has 4 aromatic rings. The summed E-state index contributed by atoms with van der Waals surface area (Å²) in [4.78, 5) is 8.61. The maximum absolute atomic E-state index is 6.38. The van der Waals surface area contributed by atoms with Crippen molar-refractivity contribution in [1.82, 2.24) is 9.97 Å². The maximum atomic E-state index is 6.38. The fourth-order valence-corrected chi connectivity index (χ4v) is 4.20. The molecule has 2 aromatic heterocycles. The number of rotatable bonds is 5. The van der Waals surface area contributed by atoms with Crippen molar-refractivity contribution in [2.45, 2.75) is 6.61 Å². The van der Waals surface area contributed by atoms with Gasteiger partial charge in [0, 0.05) is 5.69 Å². The third kappa shape index (κ3) is 3.82. The van der Waals surface area contributed by atoms with E-state index in [9.17, 15) is 0 Å². The van der Waals surface area contributed by atoms with E-state index in [1.54, 1.807) is 17.7 Å². The number of nitrogens with zero attached hydrogens (tertiary/aromatic N) is 2. The van der Waals surface area contributed by atoms with E-state index in [1.165, 1.54) is 0 Å². The third-order valence-corrected chi connectivity index (χ3v) is 5.64. The summed E-state index contributed by atoms with van der Waals surface area (Å²) in [5.74, 6) is 1.40. The van der Waals surface area contributed by atoms with Crippen molar-refractivity contribution in [2.75, 3.05) is 5.32 Å². The Kier molecular flexibility index (Phi) is 5.06. The van der Waals surface area contributed by atoms with Crippen LogP contribution in [0.2, 0.25) is 5.02 Å². The summed E-state index contributed by atoms with van der Waals surface area (Å²) in [6, 6.07) is 17.6. The number of hydrogen-bond donors (Lipinski definition) is 1. The first-order valence-corrected chi connectivity index (χ1v) is 9.81. The van der Waals surface area contributed by atoms with E-state index in [0.717, 1.165) is 31.1 Å². The number of halogens is 2. The first kappa shape index (κ1) is 17.3. The zero-order chi connectivity index (χ0) is 17.9. The van der Waals surface area contributed by atoms with Gasteiger partial charge in [0.1, 0.15) is 18.7 Å². The van der Waals surface area contributed by atoms with Crippen LogP contribution in [0, 0.1) is 0 Å². The van der Waals surface area contributed by atoms with Gasteiger partial charge in [-0.2, -0.15) is 0 Å². The molecule has 0 bridgehead atoms. The third-order valence-electron chi connectivity index (χ3n) is 3.71. The zero-order valence-electron chi connectivity index (χ0n) is 13.4. The Morgan fingerprint density at radius 3 is 2.73 bits per heavy atom. The molecule has 7 heteroatoms. The largest absolute Gasteiger partial charge is 0.487 e. The van der Waals surface area contributed by atoms with Crippen molar-refractivity contribution in [3.63, 3.8) is 0 Å². The van der Waals surface area contributed by atoms with Crippen LogP contribution in [0.1, 0.15) is 5.56 Å². The highest BCUT2D eigenvalue weighted by atomic mass is 79.9. The van der Waals surface area contributed by atoms with Gasteiger partial charge < -0.3 is 10.1 Å². The lowest BCUT2D eigenvalue weighted by atomic mass is 10.2. The van der Waals surface area contributed by atoms with E-state index >= 15 is 0 Å². The van der Waals surface area contributed by atoms with Crippen LogP contribution in [0.25, 0.3) is 10.2 Å². The van der Waals surface area contributed by atoms with Crippen LogP contribution in [-0.4, -0.2) is 9.97 Å². The van der Waals surface area contributed by atoms with Gasteiger partial charge in [0.2, 0.25) is 0 Å². The quantitative estimate of drug-likeness (QED) is 0.384. The number of fused-ring (bicyclic) bond motifs is 1. The molecule has 0 saturated carbocycles. The second-order valence-electron chi connectivity index (χ2n) is 5.53. The summed E-state index contributed by atoms with van der Waals surface area (Å²) in [6.07, 6.45) is 1.54. The predicted octanol–water partition coefficient (Wildman–Crippen LogP) is 6.43. The lowest BCUT2D eigenvalue weighted by Gasteiger charge is -2.11. The van der Waals surface area contributed by atoms with Crippen LogP contribution < -0.4 is 10.1 Å². The summed E-state index contributed by atoms with van der Waals surface area (Å²) in [6.45, 7) is 0.475. The van der Waals surface area contributed by atoms with Crippen molar-refractivity contribution >= 4 is 60.6 Å². The molecule has 0 aliphatic carbocycles. The fourth-order valence-electron chi connectivity index (χ4n) is 2.48. The van der Waals surface area contributed by atoms with Crippen molar-refractivity contribution in [3.05, 3.63) is 75.3 Å². The van der Waals surface area contributed by atoms with Gasteiger partial charge in [-0.05, 0) is 45.8 Å². The SMILES string of the molecule is Clc1cc(Nc2ncnc3cc(Br)sc23)ccc1OCc1ccccc1. The number of nitrogens with one attached hydrogen (secondary N) is 1. The molecule has 4 rings (SSSR count). The second-order valence-corrected chi connectivity index (χ2v) is 8.37. The van der Waals surface area contributed by atoms with E-state index in [0.29, 0.717) is 17.4 Å². The molecule has 26 heavy (non-hydrogen) atoms. The van der Waals surface area contributed by atoms with E-state index in [2.05, 4.69) is 31.2 Å². The van der Waals surface area contributed by atoms with Gasteiger partial charge in [-0.25, -0.2) is 9.97 Å². The first-order chi connectivity index (χ1) is 12.7. The highest BCUT2D eigenvalue weighted by Crippen LogP contribution is 2.35. The van der Waals surface area contributed by atoms with E-state index in [-0.39, 0.29) is 0 Å². The average molecular weight is 447 g/mol. The number of benzene rings is 2. The van der Waals surface area contributed by atoms with Crippen molar-refractivity contribution in [1.29, 1.82) is 0 Å². The molecule has 0 radical (unpaired) electrons. The summed E-state index contributed by atoms with van der Waals surface area (Å²) in [5, 5.41) is 3.85. The Hall–Kier alpha value is -2.15. The summed E-state index contributed by atoms with van der Waals surface area (Å²) in [7, 11) is 0. The van der Waals surface area contributed by atoms with Gasteiger partial charge in [0.15, 0.2) is 5.82 Å². The van der Waals surface area contributed by atoms with Gasteiger partial charge in [-0.3, -0.25) is 0 Å². The lowest BCUT2D eigenvalue weighted by molar-refractivity contribution is 0.306. The Morgan fingerprint density at radius 1 is 1.08 bits per heavy atom. The monoisotopic (exact) mass is 445 g/mol. The van der Waals surface area contributed by atoms with Crippen molar-refractivity contribution in [3.8, 4) is 5.75 Å². The molecule has 2 aromatic carbocycles. The molecule has 2 heterocycles. The minimum absolute atomic E-state index is 0.475. The van der Waals surface area contributed by atoms with Gasteiger partial charge in [-0.1, -0.05) is 41.9 Å². The number of anilines is 2. The molecule has 0 atom stereocenters. The molecule has 0 spiro atoms. The van der Waals surface area contributed by atoms with Gasteiger partial charge in [-0.15, -0.1) is 11.3 Å². The molecule has 0 aliphatic rings. The number of ether oxygens (including phenoxy) is 1. The van der Waals surface area contributed by atoms with Crippen LogP contribution >= 0.6 is 38.9 Å². The van der Waals surface area contributed by atoms with E-state index in [1.807, 2.05) is 54.6 Å². The second kappa shape index (κ2) is 7.61. The van der Waals surface area contributed by atoms with Crippen molar-refractivity contribution < 1.29 is 4.74 Å². The molecule has 0 saturated heterocycles. The molecule has 0 unspecified atom stereocenters. The summed E-state index contributed by atoms with van der Waals surface area (Å²) < 4.78 is 7.81. The van der Waals surface area contributed by atoms with Crippen LogP contribution in [0.5, 0.6) is 5.75 Å². The molecule has 0 fully saturated rings. The molecule has 1 N–H and O–H groups in total. The highest BCUT2D eigenvalue weighted by Gasteiger charge is 2.09. The van der Waals surface area contributed by atoms with Crippen LogP contribution in [0.15, 0.2) is 64.7 Å². The van der Waals surface area contributed by atoms with E-state index in [4.69, 9.17) is 16.3 Å². The molecule has 0 aliphatic heterocycles. The Balaban J connectivity index is 1.52. The minimum atomic E-state index is 0.475. The summed E-state index contributed by atoms with van der Waals surface area (Å²) in [5.41, 5.74) is 2.83. The highest BCUT2D eigenvalue weighted by molar-refractivity contribution is 9.11. The Morgan fingerprint density at radius 2 is 1.92 bits per heavy atom. The van der Waals surface area contributed by atoms with Gasteiger partial charge in [0.25, 0.3) is 0 Å². The topological polar surface area (TPSA) is 47.0 Å². The minimum Gasteiger partial charge on any atom is -0.487 e. The first-order valence-electron chi connectivity index (χ1n) is 7.82. The molecule has 4 nitrogen and oxygen atoms in total. The molecule has 0 amide bonds. The van der Waals surface area contributed by atoms with E-state index < -0.39 is 0 Å². The van der Waals surface area contributed by atoms with Crippen LogP contribution in [0.3, 0.4) is 0 Å². The normalized spacial score (nSPS) is 10.8. The molecule has 130 valence electrons. The predicted molar refractivity (Wildman–Crippen MR) is 111 cm³/mol. The Labute approximate surface area is 168 Å². The summed E-state index contributed by atoms with van der Waals surface area (Å²) >= 11 is 11.5. The average Bonchev–Trinajstić information content (AvgIpc) is 3.03. The number of thiophene rings is 1. The Bertz CT molecular complexity index is 1060. The van der Waals surface area contributed by atoms with Crippen molar-refractivity contribution in [2.24, 2.45) is 0 Å². The van der Waals surface area contributed by atoms with Crippen LogP contribution in [-0.2, 0) is 6.61 Å². The molecular weight excluding hydrogens is 434 g/mol.